The highest BCUT2D eigenvalue weighted by Crippen LogP contribution is 2.37. The van der Waals surface area contributed by atoms with Crippen LogP contribution in [0, 0.1) is 32.6 Å². The van der Waals surface area contributed by atoms with Gasteiger partial charge in [-0.3, -0.25) is 0 Å². The van der Waals surface area contributed by atoms with Gasteiger partial charge in [0.15, 0.2) is 0 Å². The van der Waals surface area contributed by atoms with Gasteiger partial charge >= 0.3 is 0 Å². The fraction of sp³-hybridized carbons (Fsp3) is 0.667. The zero-order valence-corrected chi connectivity index (χ0v) is 13.2. The van der Waals surface area contributed by atoms with Crippen molar-refractivity contribution in [3.05, 3.63) is 34.4 Å². The van der Waals surface area contributed by atoms with Gasteiger partial charge in [-0.05, 0) is 75.0 Å². The van der Waals surface area contributed by atoms with Crippen LogP contribution in [0.25, 0.3) is 0 Å². The Balaban J connectivity index is 2.21. The predicted molar refractivity (Wildman–Crippen MR) is 83.5 cm³/mol. The van der Waals surface area contributed by atoms with E-state index in [0.717, 1.165) is 18.3 Å². The summed E-state index contributed by atoms with van der Waals surface area (Å²) in [6.45, 7) is 11.4. The highest BCUT2D eigenvalue weighted by molar-refractivity contribution is 5.38. The van der Waals surface area contributed by atoms with Crippen molar-refractivity contribution in [2.45, 2.75) is 65.8 Å². The van der Waals surface area contributed by atoms with Crippen molar-refractivity contribution < 1.29 is 0 Å². The molecule has 3 unspecified atom stereocenters. The third kappa shape index (κ3) is 3.20. The summed E-state index contributed by atoms with van der Waals surface area (Å²) in [6, 6.07) is 4.58. The zero-order valence-electron chi connectivity index (χ0n) is 13.2. The molecule has 1 aliphatic rings. The molecule has 0 spiro atoms. The maximum atomic E-state index is 6.72. The first-order chi connectivity index (χ1) is 8.81. The van der Waals surface area contributed by atoms with E-state index in [-0.39, 0.29) is 5.54 Å². The summed E-state index contributed by atoms with van der Waals surface area (Å²) in [5, 5.41) is 0. The molecular formula is C18H29N. The van der Waals surface area contributed by atoms with Crippen molar-refractivity contribution in [1.82, 2.24) is 0 Å². The van der Waals surface area contributed by atoms with Crippen LogP contribution in [-0.2, 0) is 6.42 Å². The summed E-state index contributed by atoms with van der Waals surface area (Å²) in [4.78, 5) is 0. The Morgan fingerprint density at radius 1 is 1.11 bits per heavy atom. The number of aryl methyl sites for hydroxylation is 3. The van der Waals surface area contributed by atoms with E-state index in [1.54, 1.807) is 0 Å². The molecule has 1 aromatic rings. The number of hydrogen-bond acceptors (Lipinski definition) is 1. The number of rotatable bonds is 2. The second kappa shape index (κ2) is 5.28. The van der Waals surface area contributed by atoms with Gasteiger partial charge in [0, 0.05) is 5.54 Å². The van der Waals surface area contributed by atoms with Gasteiger partial charge in [-0.1, -0.05) is 31.5 Å². The van der Waals surface area contributed by atoms with Crippen LogP contribution in [0.15, 0.2) is 12.1 Å². The highest BCUT2D eigenvalue weighted by Gasteiger charge is 2.35. The van der Waals surface area contributed by atoms with Crippen LogP contribution in [0.2, 0.25) is 0 Å². The van der Waals surface area contributed by atoms with Crippen molar-refractivity contribution in [3.63, 3.8) is 0 Å². The molecule has 1 heteroatoms. The maximum Gasteiger partial charge on any atom is 0.0198 e. The fourth-order valence-electron chi connectivity index (χ4n) is 3.75. The molecular weight excluding hydrogens is 230 g/mol. The lowest BCUT2D eigenvalue weighted by atomic mass is 9.69. The van der Waals surface area contributed by atoms with E-state index in [9.17, 15) is 0 Å². The molecule has 0 amide bonds. The topological polar surface area (TPSA) is 26.0 Å². The normalized spacial score (nSPS) is 31.5. The predicted octanol–water partition coefficient (Wildman–Crippen LogP) is 4.31. The minimum atomic E-state index is 0.0106. The van der Waals surface area contributed by atoms with Crippen LogP contribution in [0.5, 0.6) is 0 Å². The van der Waals surface area contributed by atoms with E-state index in [2.05, 4.69) is 46.8 Å². The first-order valence-corrected chi connectivity index (χ1v) is 7.66. The average molecular weight is 259 g/mol. The third-order valence-electron chi connectivity index (χ3n) is 5.17. The molecule has 106 valence electrons. The first kappa shape index (κ1) is 14.6. The highest BCUT2D eigenvalue weighted by atomic mass is 14.7. The quantitative estimate of drug-likeness (QED) is 0.841. The van der Waals surface area contributed by atoms with E-state index in [0.29, 0.717) is 0 Å². The Kier molecular flexibility index (Phi) is 4.06. The van der Waals surface area contributed by atoms with Gasteiger partial charge in [-0.15, -0.1) is 0 Å². The van der Waals surface area contributed by atoms with Gasteiger partial charge in [0.2, 0.25) is 0 Å². The molecule has 2 rings (SSSR count). The fourth-order valence-corrected chi connectivity index (χ4v) is 3.75. The Morgan fingerprint density at radius 3 is 2.21 bits per heavy atom. The van der Waals surface area contributed by atoms with Gasteiger partial charge in [-0.2, -0.15) is 0 Å². The molecule has 1 nitrogen and oxygen atoms in total. The summed E-state index contributed by atoms with van der Waals surface area (Å²) in [7, 11) is 0. The van der Waals surface area contributed by atoms with Crippen molar-refractivity contribution in [2.75, 3.05) is 0 Å². The van der Waals surface area contributed by atoms with E-state index < -0.39 is 0 Å². The van der Waals surface area contributed by atoms with Gasteiger partial charge in [0.05, 0.1) is 0 Å². The van der Waals surface area contributed by atoms with Crippen molar-refractivity contribution in [3.8, 4) is 0 Å². The molecule has 1 saturated carbocycles. The van der Waals surface area contributed by atoms with E-state index in [4.69, 9.17) is 5.73 Å². The Bertz CT molecular complexity index is 440. The van der Waals surface area contributed by atoms with Crippen LogP contribution in [0.4, 0.5) is 0 Å². The van der Waals surface area contributed by atoms with Crippen molar-refractivity contribution >= 4 is 0 Å². The number of benzene rings is 1. The van der Waals surface area contributed by atoms with E-state index in [1.165, 1.54) is 41.5 Å². The van der Waals surface area contributed by atoms with Crippen LogP contribution < -0.4 is 5.73 Å². The van der Waals surface area contributed by atoms with E-state index >= 15 is 0 Å². The minimum absolute atomic E-state index is 0.0106. The van der Waals surface area contributed by atoms with Gasteiger partial charge in [-0.25, -0.2) is 0 Å². The summed E-state index contributed by atoms with van der Waals surface area (Å²) in [5.41, 5.74) is 12.4. The first-order valence-electron chi connectivity index (χ1n) is 7.66. The number of nitrogens with two attached hydrogens (primary N) is 1. The summed E-state index contributed by atoms with van der Waals surface area (Å²) in [5.74, 6) is 1.58. The lowest BCUT2D eigenvalue weighted by Crippen LogP contribution is -2.47. The molecule has 3 atom stereocenters. The lowest BCUT2D eigenvalue weighted by molar-refractivity contribution is 0.175. The summed E-state index contributed by atoms with van der Waals surface area (Å²) in [6.07, 6.45) is 4.66. The van der Waals surface area contributed by atoms with Crippen LogP contribution in [-0.4, -0.2) is 5.54 Å². The second-order valence-electron chi connectivity index (χ2n) is 7.11. The summed E-state index contributed by atoms with van der Waals surface area (Å²) >= 11 is 0. The molecule has 2 N–H and O–H groups in total. The lowest BCUT2D eigenvalue weighted by Gasteiger charge is -2.41. The van der Waals surface area contributed by atoms with Crippen LogP contribution in [0.3, 0.4) is 0 Å². The van der Waals surface area contributed by atoms with Crippen molar-refractivity contribution in [1.29, 1.82) is 0 Å². The monoisotopic (exact) mass is 259 g/mol. The Hall–Kier alpha value is -0.820. The molecule has 0 aliphatic heterocycles. The average Bonchev–Trinajstić information content (AvgIpc) is 2.29. The molecule has 1 fully saturated rings. The van der Waals surface area contributed by atoms with Gasteiger partial charge < -0.3 is 5.73 Å². The molecule has 19 heavy (non-hydrogen) atoms. The Labute approximate surface area is 118 Å². The van der Waals surface area contributed by atoms with Crippen molar-refractivity contribution in [2.24, 2.45) is 17.6 Å². The molecule has 0 saturated heterocycles. The van der Waals surface area contributed by atoms with Crippen LogP contribution >= 0.6 is 0 Å². The third-order valence-corrected chi connectivity index (χ3v) is 5.17. The molecule has 0 radical (unpaired) electrons. The smallest absolute Gasteiger partial charge is 0.0198 e. The molecule has 0 heterocycles. The van der Waals surface area contributed by atoms with Gasteiger partial charge in [0.25, 0.3) is 0 Å². The van der Waals surface area contributed by atoms with Gasteiger partial charge in [0.1, 0.15) is 0 Å². The largest absolute Gasteiger partial charge is 0.325 e. The molecule has 0 bridgehead atoms. The maximum absolute atomic E-state index is 6.72. The molecule has 1 aromatic carbocycles. The Morgan fingerprint density at radius 2 is 1.68 bits per heavy atom. The standard InChI is InChI=1S/C18H29N/c1-12-8-14(3)17(15(4)9-12)11-18(19)7-6-13(2)16(5)10-18/h8-9,13,16H,6-7,10-11,19H2,1-5H3. The molecule has 0 aromatic heterocycles. The zero-order chi connectivity index (χ0) is 14.2. The second-order valence-corrected chi connectivity index (χ2v) is 7.11. The summed E-state index contributed by atoms with van der Waals surface area (Å²) < 4.78 is 0. The molecule has 1 aliphatic carbocycles. The van der Waals surface area contributed by atoms with E-state index in [1.807, 2.05) is 0 Å². The minimum Gasteiger partial charge on any atom is -0.325 e. The SMILES string of the molecule is Cc1cc(C)c(CC2(N)CCC(C)C(C)C2)c(C)c1. The number of hydrogen-bond donors (Lipinski definition) is 1. The van der Waals surface area contributed by atoms with Crippen LogP contribution in [0.1, 0.15) is 55.4 Å².